The third kappa shape index (κ3) is 2.60. The Morgan fingerprint density at radius 2 is 2.23 bits per heavy atom. The van der Waals surface area contributed by atoms with E-state index in [9.17, 15) is 5.11 Å². The molecule has 0 radical (unpaired) electrons. The van der Waals surface area contributed by atoms with Crippen LogP contribution in [0, 0.1) is 0 Å². The molecule has 0 atom stereocenters. The van der Waals surface area contributed by atoms with Crippen LogP contribution < -0.4 is 5.73 Å². The smallest absolute Gasteiger partial charge is 0.119 e. The zero-order valence-electron chi connectivity index (χ0n) is 7.66. The molecule has 0 saturated carbocycles. The first-order valence-electron chi connectivity index (χ1n) is 4.39. The summed E-state index contributed by atoms with van der Waals surface area (Å²) in [5, 5.41) is 9.56. The van der Waals surface area contributed by atoms with Crippen molar-refractivity contribution in [1.82, 2.24) is 0 Å². The minimum Gasteiger partial charge on any atom is -0.508 e. The summed E-state index contributed by atoms with van der Waals surface area (Å²) in [5.41, 5.74) is 7.39. The summed E-state index contributed by atoms with van der Waals surface area (Å²) in [6, 6.07) is 5.68. The van der Waals surface area contributed by atoms with Crippen molar-refractivity contribution >= 4 is 0 Å². The highest BCUT2D eigenvalue weighted by Gasteiger charge is 2.00. The van der Waals surface area contributed by atoms with Crippen LogP contribution in [0.4, 0.5) is 0 Å². The largest absolute Gasteiger partial charge is 0.508 e. The number of allylic oxidation sites excluding steroid dienone is 1. The highest BCUT2D eigenvalue weighted by atomic mass is 16.3. The predicted octanol–water partition coefficient (Wildman–Crippen LogP) is 1.62. The Morgan fingerprint density at radius 3 is 2.77 bits per heavy atom. The molecule has 0 aromatic heterocycles. The first-order chi connectivity index (χ1) is 6.27. The average Bonchev–Trinajstić information content (AvgIpc) is 2.10. The molecule has 0 amide bonds. The highest BCUT2D eigenvalue weighted by molar-refractivity contribution is 5.37. The second-order valence-corrected chi connectivity index (χ2v) is 2.99. The van der Waals surface area contributed by atoms with E-state index in [1.807, 2.05) is 18.2 Å². The van der Waals surface area contributed by atoms with Gasteiger partial charge in [-0.2, -0.15) is 0 Å². The fraction of sp³-hybridized carbons (Fsp3) is 0.273. The van der Waals surface area contributed by atoms with Crippen LogP contribution in [-0.4, -0.2) is 11.7 Å². The molecule has 13 heavy (non-hydrogen) atoms. The lowest BCUT2D eigenvalue weighted by Crippen LogP contribution is -2.02. The molecular formula is C11H15NO. The summed E-state index contributed by atoms with van der Waals surface area (Å²) >= 11 is 0. The van der Waals surface area contributed by atoms with Crippen molar-refractivity contribution in [2.45, 2.75) is 12.8 Å². The molecule has 1 rings (SSSR count). The number of aromatic hydroxyl groups is 1. The van der Waals surface area contributed by atoms with Crippen LogP contribution in [0.1, 0.15) is 11.1 Å². The lowest BCUT2D eigenvalue weighted by atomic mass is 10.1. The van der Waals surface area contributed by atoms with Crippen molar-refractivity contribution in [3.8, 4) is 5.75 Å². The van der Waals surface area contributed by atoms with Gasteiger partial charge in [0.05, 0.1) is 0 Å². The van der Waals surface area contributed by atoms with Crippen molar-refractivity contribution in [3.05, 3.63) is 42.0 Å². The van der Waals surface area contributed by atoms with Gasteiger partial charge in [0.2, 0.25) is 0 Å². The normalized spacial score (nSPS) is 9.92. The molecule has 2 heteroatoms. The number of phenolic OH excluding ortho intramolecular Hbond substituents is 1. The Kier molecular flexibility index (Phi) is 3.53. The van der Waals surface area contributed by atoms with Gasteiger partial charge in [0, 0.05) is 0 Å². The number of nitrogens with two attached hydrogens (primary N) is 1. The van der Waals surface area contributed by atoms with Gasteiger partial charge in [0.25, 0.3) is 0 Å². The van der Waals surface area contributed by atoms with Crippen molar-refractivity contribution in [2.24, 2.45) is 5.73 Å². The highest BCUT2D eigenvalue weighted by Crippen LogP contribution is 2.19. The van der Waals surface area contributed by atoms with Gasteiger partial charge < -0.3 is 10.8 Å². The average molecular weight is 177 g/mol. The molecule has 70 valence electrons. The molecule has 0 heterocycles. The van der Waals surface area contributed by atoms with Crippen molar-refractivity contribution < 1.29 is 5.11 Å². The van der Waals surface area contributed by atoms with Crippen LogP contribution in [0.25, 0.3) is 0 Å². The van der Waals surface area contributed by atoms with E-state index in [4.69, 9.17) is 5.73 Å². The van der Waals surface area contributed by atoms with E-state index in [0.29, 0.717) is 12.3 Å². The van der Waals surface area contributed by atoms with Gasteiger partial charge in [0.1, 0.15) is 5.75 Å². The van der Waals surface area contributed by atoms with Gasteiger partial charge in [-0.3, -0.25) is 0 Å². The van der Waals surface area contributed by atoms with Crippen LogP contribution in [0.15, 0.2) is 30.9 Å². The maximum Gasteiger partial charge on any atom is 0.119 e. The standard InChI is InChI=1S/C11H15NO/c1-2-3-9-4-5-10(6-7-12)11(13)8-9/h2,4-5,8,13H,1,3,6-7,12H2. The number of hydrogen-bond donors (Lipinski definition) is 2. The van der Waals surface area contributed by atoms with Gasteiger partial charge >= 0.3 is 0 Å². The second kappa shape index (κ2) is 4.67. The molecule has 0 aliphatic carbocycles. The monoisotopic (exact) mass is 177 g/mol. The molecule has 0 aliphatic heterocycles. The molecule has 0 saturated heterocycles. The Balaban J connectivity index is 2.84. The minimum atomic E-state index is 0.338. The Bertz CT molecular complexity index is 294. The van der Waals surface area contributed by atoms with E-state index in [1.54, 1.807) is 6.07 Å². The summed E-state index contributed by atoms with van der Waals surface area (Å²) < 4.78 is 0. The van der Waals surface area contributed by atoms with Crippen molar-refractivity contribution in [1.29, 1.82) is 0 Å². The van der Waals surface area contributed by atoms with Crippen LogP contribution in [0.2, 0.25) is 0 Å². The number of rotatable bonds is 4. The fourth-order valence-corrected chi connectivity index (χ4v) is 1.27. The van der Waals surface area contributed by atoms with Crippen molar-refractivity contribution in [2.75, 3.05) is 6.54 Å². The first kappa shape index (κ1) is 9.81. The Labute approximate surface area is 78.7 Å². The van der Waals surface area contributed by atoms with E-state index in [1.165, 1.54) is 0 Å². The third-order valence-corrected chi connectivity index (χ3v) is 1.94. The molecule has 0 bridgehead atoms. The molecule has 0 unspecified atom stereocenters. The van der Waals surface area contributed by atoms with Gasteiger partial charge in [-0.15, -0.1) is 6.58 Å². The Hall–Kier alpha value is -1.28. The summed E-state index contributed by atoms with van der Waals surface area (Å²) in [6.07, 6.45) is 3.33. The van der Waals surface area contributed by atoms with Gasteiger partial charge in [-0.1, -0.05) is 18.2 Å². The summed E-state index contributed by atoms with van der Waals surface area (Å²) in [6.45, 7) is 4.21. The molecule has 0 spiro atoms. The second-order valence-electron chi connectivity index (χ2n) is 2.99. The van der Waals surface area contributed by atoms with E-state index in [0.717, 1.165) is 24.0 Å². The molecule has 2 nitrogen and oxygen atoms in total. The topological polar surface area (TPSA) is 46.2 Å². The zero-order valence-corrected chi connectivity index (χ0v) is 7.66. The number of benzene rings is 1. The summed E-state index contributed by atoms with van der Waals surface area (Å²) in [5.74, 6) is 0.338. The lowest BCUT2D eigenvalue weighted by molar-refractivity contribution is 0.467. The fourth-order valence-electron chi connectivity index (χ4n) is 1.27. The van der Waals surface area contributed by atoms with E-state index in [-0.39, 0.29) is 0 Å². The number of phenols is 1. The van der Waals surface area contributed by atoms with Gasteiger partial charge in [0.15, 0.2) is 0 Å². The molecular weight excluding hydrogens is 162 g/mol. The number of hydrogen-bond acceptors (Lipinski definition) is 2. The molecule has 3 N–H and O–H groups in total. The maximum absolute atomic E-state index is 9.56. The first-order valence-corrected chi connectivity index (χ1v) is 4.39. The van der Waals surface area contributed by atoms with Crippen LogP contribution in [-0.2, 0) is 12.8 Å². The van der Waals surface area contributed by atoms with Gasteiger partial charge in [-0.05, 0) is 36.6 Å². The quantitative estimate of drug-likeness (QED) is 0.686. The molecule has 0 aliphatic rings. The van der Waals surface area contributed by atoms with Crippen LogP contribution >= 0.6 is 0 Å². The van der Waals surface area contributed by atoms with Crippen LogP contribution in [0.3, 0.4) is 0 Å². The third-order valence-electron chi connectivity index (χ3n) is 1.94. The van der Waals surface area contributed by atoms with E-state index in [2.05, 4.69) is 6.58 Å². The molecule has 0 fully saturated rings. The van der Waals surface area contributed by atoms with E-state index >= 15 is 0 Å². The van der Waals surface area contributed by atoms with E-state index < -0.39 is 0 Å². The zero-order chi connectivity index (χ0) is 9.68. The van der Waals surface area contributed by atoms with Crippen LogP contribution in [0.5, 0.6) is 5.75 Å². The molecule has 1 aromatic carbocycles. The lowest BCUT2D eigenvalue weighted by Gasteiger charge is -2.04. The Morgan fingerprint density at radius 1 is 1.46 bits per heavy atom. The summed E-state index contributed by atoms with van der Waals surface area (Å²) in [7, 11) is 0. The van der Waals surface area contributed by atoms with Crippen molar-refractivity contribution in [3.63, 3.8) is 0 Å². The molecule has 1 aromatic rings. The van der Waals surface area contributed by atoms with Gasteiger partial charge in [-0.25, -0.2) is 0 Å². The SMILES string of the molecule is C=CCc1ccc(CCN)c(O)c1. The minimum absolute atomic E-state index is 0.338. The summed E-state index contributed by atoms with van der Waals surface area (Å²) in [4.78, 5) is 0. The maximum atomic E-state index is 9.56. The predicted molar refractivity (Wildman–Crippen MR) is 54.8 cm³/mol.